The van der Waals surface area contributed by atoms with Crippen molar-refractivity contribution in [3.8, 4) is 0 Å². The molecule has 6 heteroatoms. The number of carbonyl (C=O) groups is 1. The zero-order valence-electron chi connectivity index (χ0n) is 12.6. The Morgan fingerprint density at radius 2 is 2.20 bits per heavy atom. The summed E-state index contributed by atoms with van der Waals surface area (Å²) in [7, 11) is 3.57. The van der Waals surface area contributed by atoms with Crippen LogP contribution >= 0.6 is 0 Å². The maximum atomic E-state index is 12.3. The molecule has 0 aliphatic carbocycles. The lowest BCUT2D eigenvalue weighted by Crippen LogP contribution is -2.58. The van der Waals surface area contributed by atoms with E-state index in [0.29, 0.717) is 12.5 Å². The number of likely N-dealkylation sites (N-methyl/N-ethyl adjacent to an activating group) is 1. The summed E-state index contributed by atoms with van der Waals surface area (Å²) in [4.78, 5) is 24.7. The van der Waals surface area contributed by atoms with E-state index in [9.17, 15) is 4.79 Å². The fourth-order valence-electron chi connectivity index (χ4n) is 2.33. The molecule has 0 aromatic carbocycles. The molecule has 0 bridgehead atoms. The van der Waals surface area contributed by atoms with Crippen molar-refractivity contribution < 1.29 is 4.79 Å². The van der Waals surface area contributed by atoms with Gasteiger partial charge in [-0.2, -0.15) is 0 Å². The zero-order valence-corrected chi connectivity index (χ0v) is 12.6. The number of rotatable bonds is 3. The molecule has 1 unspecified atom stereocenters. The van der Waals surface area contributed by atoms with Crippen LogP contribution in [0.2, 0.25) is 0 Å². The second-order valence-corrected chi connectivity index (χ2v) is 5.60. The molecular formula is C14H23N5O. The molecule has 0 radical (unpaired) electrons. The molecular weight excluding hydrogens is 254 g/mol. The lowest BCUT2D eigenvalue weighted by atomic mass is 10.1. The van der Waals surface area contributed by atoms with Crippen LogP contribution in [-0.2, 0) is 4.79 Å². The number of nitrogens with one attached hydrogen (secondary N) is 1. The molecule has 1 saturated heterocycles. The van der Waals surface area contributed by atoms with Crippen LogP contribution in [0.3, 0.4) is 0 Å². The van der Waals surface area contributed by atoms with Crippen LogP contribution in [0, 0.1) is 0 Å². The van der Waals surface area contributed by atoms with Crippen molar-refractivity contribution in [3.05, 3.63) is 18.1 Å². The average molecular weight is 277 g/mol. The largest absolute Gasteiger partial charge is 0.347 e. The van der Waals surface area contributed by atoms with Gasteiger partial charge in [-0.25, -0.2) is 9.97 Å². The predicted molar refractivity (Wildman–Crippen MR) is 78.8 cm³/mol. The van der Waals surface area contributed by atoms with Gasteiger partial charge in [0.1, 0.15) is 18.2 Å². The Hall–Kier alpha value is -1.69. The minimum atomic E-state index is -0.200. The molecule has 1 aliphatic heterocycles. The molecule has 1 fully saturated rings. The minimum absolute atomic E-state index is 0.0990. The minimum Gasteiger partial charge on any atom is -0.347 e. The summed E-state index contributed by atoms with van der Waals surface area (Å²) in [6, 6.07) is 1.79. The Kier molecular flexibility index (Phi) is 4.54. The number of hydrogen-bond acceptors (Lipinski definition) is 5. The van der Waals surface area contributed by atoms with Crippen molar-refractivity contribution in [1.82, 2.24) is 20.2 Å². The van der Waals surface area contributed by atoms with Gasteiger partial charge in [-0.05, 0) is 5.92 Å². The van der Waals surface area contributed by atoms with E-state index in [2.05, 4.69) is 34.0 Å². The second-order valence-electron chi connectivity index (χ2n) is 5.60. The van der Waals surface area contributed by atoms with E-state index in [0.717, 1.165) is 24.6 Å². The van der Waals surface area contributed by atoms with Crippen LogP contribution in [0.25, 0.3) is 0 Å². The molecule has 1 aliphatic rings. The lowest BCUT2D eigenvalue weighted by molar-refractivity contribution is -0.130. The number of aromatic nitrogens is 2. The number of hydrogen-bond donors (Lipinski definition) is 1. The van der Waals surface area contributed by atoms with Crippen LogP contribution < -0.4 is 10.2 Å². The maximum absolute atomic E-state index is 12.3. The lowest BCUT2D eigenvalue weighted by Gasteiger charge is -2.37. The fraction of sp³-hybridized carbons (Fsp3) is 0.643. The van der Waals surface area contributed by atoms with E-state index in [1.807, 2.05) is 6.07 Å². The number of piperazine rings is 1. The number of nitrogens with zero attached hydrogens (tertiary/aromatic N) is 4. The maximum Gasteiger partial charge on any atom is 0.246 e. The molecule has 110 valence electrons. The van der Waals surface area contributed by atoms with Crippen molar-refractivity contribution >= 4 is 11.7 Å². The summed E-state index contributed by atoms with van der Waals surface area (Å²) in [5, 5.41) is 3.28. The fourth-order valence-corrected chi connectivity index (χ4v) is 2.33. The SMILES string of the molecule is CC(C)c1cc(N2CCNCC2C(=O)N(C)C)ncn1. The Morgan fingerprint density at radius 3 is 2.85 bits per heavy atom. The summed E-state index contributed by atoms with van der Waals surface area (Å²) in [6.07, 6.45) is 1.59. The summed E-state index contributed by atoms with van der Waals surface area (Å²) >= 11 is 0. The molecule has 1 amide bonds. The first-order valence-corrected chi connectivity index (χ1v) is 7.01. The first-order valence-electron chi connectivity index (χ1n) is 7.01. The Labute approximate surface area is 120 Å². The second kappa shape index (κ2) is 6.17. The molecule has 0 spiro atoms. The third-order valence-corrected chi connectivity index (χ3v) is 3.53. The van der Waals surface area contributed by atoms with Gasteiger partial charge in [0, 0.05) is 45.5 Å². The monoisotopic (exact) mass is 277 g/mol. The highest BCUT2D eigenvalue weighted by Crippen LogP contribution is 2.20. The van der Waals surface area contributed by atoms with E-state index in [1.54, 1.807) is 25.3 Å². The molecule has 6 nitrogen and oxygen atoms in total. The highest BCUT2D eigenvalue weighted by Gasteiger charge is 2.30. The first-order chi connectivity index (χ1) is 9.50. The van der Waals surface area contributed by atoms with Crippen LogP contribution in [-0.4, -0.2) is 60.5 Å². The summed E-state index contributed by atoms with van der Waals surface area (Å²) < 4.78 is 0. The van der Waals surface area contributed by atoms with E-state index in [4.69, 9.17) is 0 Å². The molecule has 2 heterocycles. The number of amides is 1. The standard InChI is InChI=1S/C14H23N5O/c1-10(2)11-7-13(17-9-16-11)19-6-5-15-8-12(19)14(20)18(3)4/h7,9-10,12,15H,5-6,8H2,1-4H3. The Bertz CT molecular complexity index is 474. The van der Waals surface area contributed by atoms with Crippen LogP contribution in [0.15, 0.2) is 12.4 Å². The number of anilines is 1. The van der Waals surface area contributed by atoms with E-state index in [1.165, 1.54) is 0 Å². The average Bonchev–Trinajstić information content (AvgIpc) is 2.46. The van der Waals surface area contributed by atoms with Crippen molar-refractivity contribution in [2.75, 3.05) is 38.6 Å². The smallest absolute Gasteiger partial charge is 0.246 e. The highest BCUT2D eigenvalue weighted by molar-refractivity contribution is 5.85. The molecule has 20 heavy (non-hydrogen) atoms. The Morgan fingerprint density at radius 1 is 1.45 bits per heavy atom. The van der Waals surface area contributed by atoms with Gasteiger partial charge in [-0.1, -0.05) is 13.8 Å². The van der Waals surface area contributed by atoms with Crippen LogP contribution in [0.5, 0.6) is 0 Å². The van der Waals surface area contributed by atoms with Gasteiger partial charge in [-0.3, -0.25) is 4.79 Å². The van der Waals surface area contributed by atoms with Crippen molar-refractivity contribution in [2.45, 2.75) is 25.8 Å². The quantitative estimate of drug-likeness (QED) is 0.870. The molecule has 1 N–H and O–H groups in total. The topological polar surface area (TPSA) is 61.4 Å². The summed E-state index contributed by atoms with van der Waals surface area (Å²) in [5.41, 5.74) is 1.00. The van der Waals surface area contributed by atoms with Crippen molar-refractivity contribution in [2.24, 2.45) is 0 Å². The third kappa shape index (κ3) is 3.07. The van der Waals surface area contributed by atoms with Crippen LogP contribution in [0.1, 0.15) is 25.5 Å². The summed E-state index contributed by atoms with van der Waals surface area (Å²) in [6.45, 7) is 6.49. The zero-order chi connectivity index (χ0) is 14.7. The van der Waals surface area contributed by atoms with Gasteiger partial charge in [0.2, 0.25) is 5.91 Å². The Balaban J connectivity index is 2.28. The first kappa shape index (κ1) is 14.7. The van der Waals surface area contributed by atoms with Gasteiger partial charge in [-0.15, -0.1) is 0 Å². The third-order valence-electron chi connectivity index (χ3n) is 3.53. The molecule has 1 aromatic heterocycles. The normalized spacial score (nSPS) is 19.2. The van der Waals surface area contributed by atoms with Gasteiger partial charge in [0.15, 0.2) is 0 Å². The van der Waals surface area contributed by atoms with E-state index < -0.39 is 0 Å². The number of carbonyl (C=O) groups excluding carboxylic acids is 1. The van der Waals surface area contributed by atoms with E-state index >= 15 is 0 Å². The van der Waals surface area contributed by atoms with Gasteiger partial charge in [0.25, 0.3) is 0 Å². The van der Waals surface area contributed by atoms with Gasteiger partial charge < -0.3 is 15.1 Å². The molecule has 2 rings (SSSR count). The predicted octanol–water partition coefficient (Wildman–Crippen LogP) is 0.466. The van der Waals surface area contributed by atoms with Crippen LogP contribution in [0.4, 0.5) is 5.82 Å². The van der Waals surface area contributed by atoms with Crippen molar-refractivity contribution in [3.63, 3.8) is 0 Å². The molecule has 1 atom stereocenters. The van der Waals surface area contributed by atoms with Gasteiger partial charge >= 0.3 is 0 Å². The molecule has 0 saturated carbocycles. The molecule has 1 aromatic rings. The summed E-state index contributed by atoms with van der Waals surface area (Å²) in [5.74, 6) is 1.29. The highest BCUT2D eigenvalue weighted by atomic mass is 16.2. The van der Waals surface area contributed by atoms with Gasteiger partial charge in [0.05, 0.1) is 0 Å². The van der Waals surface area contributed by atoms with Crippen molar-refractivity contribution in [1.29, 1.82) is 0 Å². The van der Waals surface area contributed by atoms with E-state index in [-0.39, 0.29) is 11.9 Å².